The van der Waals surface area contributed by atoms with Crippen molar-refractivity contribution < 1.29 is 4.79 Å². The second-order valence-electron chi connectivity index (χ2n) is 8.91. The van der Waals surface area contributed by atoms with Gasteiger partial charge in [-0.2, -0.15) is 0 Å². The van der Waals surface area contributed by atoms with Crippen LogP contribution in [0.3, 0.4) is 0 Å². The minimum atomic E-state index is -0.361. The highest BCUT2D eigenvalue weighted by Gasteiger charge is 2.24. The minimum Gasteiger partial charge on any atom is -0.351 e. The summed E-state index contributed by atoms with van der Waals surface area (Å²) in [7, 11) is 1.87. The van der Waals surface area contributed by atoms with Gasteiger partial charge >= 0.3 is 0 Å². The topological polar surface area (TPSA) is 97.4 Å². The van der Waals surface area contributed by atoms with Crippen LogP contribution in [0, 0.1) is 0 Å². The first-order valence-corrected chi connectivity index (χ1v) is 11.8. The van der Waals surface area contributed by atoms with Crippen LogP contribution in [-0.2, 0) is 7.05 Å². The number of carbonyl (C=O) groups is 1. The Morgan fingerprint density at radius 1 is 1.03 bits per heavy atom. The van der Waals surface area contributed by atoms with Gasteiger partial charge in [0.05, 0.1) is 22.1 Å². The number of imidazole rings is 1. The van der Waals surface area contributed by atoms with E-state index in [2.05, 4.69) is 20.2 Å². The summed E-state index contributed by atoms with van der Waals surface area (Å²) in [6.07, 6.45) is 7.23. The lowest BCUT2D eigenvalue weighted by Crippen LogP contribution is -2.36. The predicted octanol–water partition coefficient (Wildman–Crippen LogP) is 2.62. The predicted molar refractivity (Wildman–Crippen MR) is 134 cm³/mol. The highest BCUT2D eigenvalue weighted by atomic mass is 16.2. The molecule has 0 unspecified atom stereocenters. The molecule has 0 radical (unpaired) electrons. The summed E-state index contributed by atoms with van der Waals surface area (Å²) in [5.41, 5.74) is 4.01. The van der Waals surface area contributed by atoms with E-state index in [1.807, 2.05) is 40.3 Å². The fourth-order valence-electron chi connectivity index (χ4n) is 5.06. The van der Waals surface area contributed by atoms with Gasteiger partial charge in [-0.15, -0.1) is 0 Å². The van der Waals surface area contributed by atoms with Crippen LogP contribution >= 0.6 is 0 Å². The molecule has 9 nitrogen and oxygen atoms in total. The van der Waals surface area contributed by atoms with E-state index in [0.29, 0.717) is 28.9 Å². The molecule has 5 aromatic rings. The molecule has 6 rings (SSSR count). The number of aryl methyl sites for hydroxylation is 1. The van der Waals surface area contributed by atoms with Crippen molar-refractivity contribution >= 4 is 33.6 Å². The molecule has 0 aliphatic carbocycles. The Morgan fingerprint density at radius 2 is 1.77 bits per heavy atom. The smallest absolute Gasteiger partial charge is 0.259 e. The van der Waals surface area contributed by atoms with Crippen LogP contribution in [0.25, 0.3) is 39.0 Å². The minimum absolute atomic E-state index is 0.134. The third-order valence-electron chi connectivity index (χ3n) is 6.79. The van der Waals surface area contributed by atoms with Crippen LogP contribution in [0.15, 0.2) is 59.9 Å². The van der Waals surface area contributed by atoms with Crippen LogP contribution in [-0.4, -0.2) is 60.9 Å². The fraction of sp³-hybridized carbons (Fsp3) is 0.269. The number of carbonyl (C=O) groups excluding carboxylic acids is 1. The Labute approximate surface area is 201 Å². The number of hydrogen-bond acceptors (Lipinski definition) is 6. The average molecular weight is 468 g/mol. The van der Waals surface area contributed by atoms with Gasteiger partial charge < -0.3 is 14.8 Å². The van der Waals surface area contributed by atoms with Gasteiger partial charge in [-0.1, -0.05) is 12.1 Å². The van der Waals surface area contributed by atoms with Crippen molar-refractivity contribution in [2.45, 2.75) is 12.8 Å². The zero-order chi connectivity index (χ0) is 23.9. The van der Waals surface area contributed by atoms with Crippen molar-refractivity contribution in [1.82, 2.24) is 34.1 Å². The molecule has 0 spiro atoms. The summed E-state index contributed by atoms with van der Waals surface area (Å²) in [5, 5.41) is 3.38. The number of nitrogens with one attached hydrogen (secondary N) is 1. The molecule has 0 atom stereocenters. The third-order valence-corrected chi connectivity index (χ3v) is 6.79. The first kappa shape index (κ1) is 21.4. The van der Waals surface area contributed by atoms with Gasteiger partial charge in [0.25, 0.3) is 5.91 Å². The van der Waals surface area contributed by atoms with Crippen LogP contribution < -0.4 is 10.7 Å². The van der Waals surface area contributed by atoms with Crippen molar-refractivity contribution in [2.75, 3.05) is 26.2 Å². The zero-order valence-corrected chi connectivity index (χ0v) is 19.4. The summed E-state index contributed by atoms with van der Waals surface area (Å²) in [5.74, 6) is -0.361. The van der Waals surface area contributed by atoms with Crippen molar-refractivity contribution in [2.24, 2.45) is 7.05 Å². The van der Waals surface area contributed by atoms with Gasteiger partial charge in [0.15, 0.2) is 5.65 Å². The summed E-state index contributed by atoms with van der Waals surface area (Å²) in [4.78, 5) is 42.5. The third kappa shape index (κ3) is 3.55. The van der Waals surface area contributed by atoms with E-state index in [1.165, 1.54) is 19.2 Å². The molecule has 1 aliphatic rings. The normalized spacial score (nSPS) is 14.3. The molecule has 1 fully saturated rings. The first-order valence-electron chi connectivity index (χ1n) is 11.8. The largest absolute Gasteiger partial charge is 0.351 e. The summed E-state index contributed by atoms with van der Waals surface area (Å²) < 4.78 is 3.81. The fourth-order valence-corrected chi connectivity index (χ4v) is 5.06. The molecule has 0 saturated carbocycles. The molecule has 1 amide bonds. The van der Waals surface area contributed by atoms with E-state index in [-0.39, 0.29) is 16.9 Å². The van der Waals surface area contributed by atoms with Crippen LogP contribution in [0.4, 0.5) is 0 Å². The molecule has 35 heavy (non-hydrogen) atoms. The summed E-state index contributed by atoms with van der Waals surface area (Å²) >= 11 is 0. The molecular formula is C26H25N7O2. The number of rotatable bonds is 5. The summed E-state index contributed by atoms with van der Waals surface area (Å²) in [6.45, 7) is 3.39. The van der Waals surface area contributed by atoms with Crippen LogP contribution in [0.1, 0.15) is 23.2 Å². The van der Waals surface area contributed by atoms with Crippen LogP contribution in [0.5, 0.6) is 0 Å². The second-order valence-corrected chi connectivity index (χ2v) is 8.91. The van der Waals surface area contributed by atoms with Crippen molar-refractivity contribution in [1.29, 1.82) is 0 Å². The maximum atomic E-state index is 13.7. The Hall–Kier alpha value is -4.11. The molecule has 5 heterocycles. The van der Waals surface area contributed by atoms with Gasteiger partial charge in [-0.3, -0.25) is 14.0 Å². The van der Waals surface area contributed by atoms with E-state index < -0.39 is 0 Å². The Kier molecular flexibility index (Phi) is 5.26. The highest BCUT2D eigenvalue weighted by molar-refractivity contribution is 6.05. The number of pyridine rings is 2. The van der Waals surface area contributed by atoms with Gasteiger partial charge in [0, 0.05) is 38.1 Å². The first-order chi connectivity index (χ1) is 17.1. The number of fused-ring (bicyclic) bond motifs is 5. The van der Waals surface area contributed by atoms with E-state index in [9.17, 15) is 9.59 Å². The lowest BCUT2D eigenvalue weighted by Gasteiger charge is -2.15. The average Bonchev–Trinajstić information content (AvgIpc) is 3.51. The maximum absolute atomic E-state index is 13.7. The molecule has 9 heteroatoms. The van der Waals surface area contributed by atoms with E-state index in [1.54, 1.807) is 24.5 Å². The number of aromatic nitrogens is 5. The standard InChI is InChI=1S/C26H25N7O2/c1-31-20-6-2-3-7-21(20)33-24-18(8-9-19(30-24)17-14-27-16-28-15-17)23(34)22(26(31)33)25(35)29-10-13-32-11-4-5-12-32/h2-3,6-9,14-16H,4-5,10-13H2,1H3,(H,29,35). The second kappa shape index (κ2) is 8.59. The van der Waals surface area contributed by atoms with E-state index >= 15 is 0 Å². The zero-order valence-electron chi connectivity index (χ0n) is 19.4. The number of likely N-dealkylation sites (tertiary alicyclic amines) is 1. The number of nitrogens with zero attached hydrogens (tertiary/aromatic N) is 6. The van der Waals surface area contributed by atoms with Gasteiger partial charge in [-0.05, 0) is 50.2 Å². The molecule has 1 N–H and O–H groups in total. The Morgan fingerprint density at radius 3 is 2.54 bits per heavy atom. The van der Waals surface area contributed by atoms with Crippen molar-refractivity contribution in [3.8, 4) is 11.3 Å². The summed E-state index contributed by atoms with van der Waals surface area (Å²) in [6, 6.07) is 11.3. The van der Waals surface area contributed by atoms with Crippen LogP contribution in [0.2, 0.25) is 0 Å². The molecular weight excluding hydrogens is 442 g/mol. The lowest BCUT2D eigenvalue weighted by molar-refractivity contribution is 0.0950. The molecule has 0 bridgehead atoms. The SMILES string of the molecule is Cn1c2ccccc2n2c3nc(-c4cncnc4)ccc3c(=O)c(C(=O)NCCN3CCCC3)c12. The van der Waals surface area contributed by atoms with Crippen molar-refractivity contribution in [3.05, 3.63) is 70.9 Å². The van der Waals surface area contributed by atoms with Gasteiger partial charge in [0.1, 0.15) is 17.5 Å². The number of amides is 1. The van der Waals surface area contributed by atoms with E-state index in [4.69, 9.17) is 4.98 Å². The number of para-hydroxylation sites is 2. The molecule has 1 aliphatic heterocycles. The highest BCUT2D eigenvalue weighted by Crippen LogP contribution is 2.27. The molecule has 176 valence electrons. The molecule has 1 saturated heterocycles. The lowest BCUT2D eigenvalue weighted by atomic mass is 10.1. The van der Waals surface area contributed by atoms with Crippen molar-refractivity contribution in [3.63, 3.8) is 0 Å². The quantitative estimate of drug-likeness (QED) is 0.427. The Balaban J connectivity index is 1.55. The molecule has 4 aromatic heterocycles. The van der Waals surface area contributed by atoms with Gasteiger partial charge in [-0.25, -0.2) is 15.0 Å². The molecule has 1 aromatic carbocycles. The maximum Gasteiger partial charge on any atom is 0.259 e. The Bertz CT molecular complexity index is 1630. The van der Waals surface area contributed by atoms with Gasteiger partial charge in [0.2, 0.25) is 5.43 Å². The van der Waals surface area contributed by atoms with E-state index in [0.717, 1.165) is 36.2 Å². The number of hydrogen-bond donors (Lipinski definition) is 1. The number of benzene rings is 1. The monoisotopic (exact) mass is 467 g/mol.